The maximum Gasteiger partial charge on any atom is 0.243 e. The smallest absolute Gasteiger partial charge is 0.243 e. The number of hydrogen-bond donors (Lipinski definition) is 0. The van der Waals surface area contributed by atoms with E-state index < -0.39 is 10.0 Å². The lowest BCUT2D eigenvalue weighted by Gasteiger charge is -2.26. The molecule has 1 fully saturated rings. The zero-order valence-corrected chi connectivity index (χ0v) is 21.1. The van der Waals surface area contributed by atoms with Crippen LogP contribution in [-0.4, -0.2) is 41.6 Å². The molecule has 1 aliphatic heterocycles. The summed E-state index contributed by atoms with van der Waals surface area (Å²) in [5, 5.41) is 0. The van der Waals surface area contributed by atoms with E-state index in [2.05, 4.69) is 24.0 Å². The van der Waals surface area contributed by atoms with Gasteiger partial charge in [-0.25, -0.2) is 8.42 Å². The number of amides is 1. The summed E-state index contributed by atoms with van der Waals surface area (Å²) in [6.45, 7) is 4.27. The van der Waals surface area contributed by atoms with Crippen molar-refractivity contribution >= 4 is 15.9 Å². The van der Waals surface area contributed by atoms with Gasteiger partial charge >= 0.3 is 0 Å². The molecule has 2 aromatic carbocycles. The standard InChI is InChI=1S/C28H33N3O3S/c1-23-8-3-4-10-26(23)22-30(21-25-9-7-17-29-20-25)28(32)16-13-24-11-14-27(15-12-24)35(33,34)31-18-5-2-6-19-31/h3-4,7-12,14-15,17,20H,2,5-6,13,16,18-19,21-22H2,1H3. The Morgan fingerprint density at radius 1 is 0.914 bits per heavy atom. The van der Waals surface area contributed by atoms with E-state index in [1.54, 1.807) is 28.8 Å². The Balaban J connectivity index is 1.42. The van der Waals surface area contributed by atoms with E-state index >= 15 is 0 Å². The van der Waals surface area contributed by atoms with Gasteiger partial charge in [0.05, 0.1) is 4.90 Å². The van der Waals surface area contributed by atoms with Gasteiger partial charge in [-0.1, -0.05) is 48.9 Å². The SMILES string of the molecule is Cc1ccccc1CN(Cc1cccnc1)C(=O)CCc1ccc(S(=O)(=O)N2CCCCC2)cc1. The Bertz CT molecular complexity index is 1220. The lowest BCUT2D eigenvalue weighted by molar-refractivity contribution is -0.132. The molecule has 0 unspecified atom stereocenters. The number of benzene rings is 2. The molecule has 4 rings (SSSR count). The number of piperidine rings is 1. The molecule has 1 aromatic heterocycles. The zero-order chi connectivity index (χ0) is 24.7. The predicted molar refractivity (Wildman–Crippen MR) is 137 cm³/mol. The maximum atomic E-state index is 13.3. The molecule has 3 aromatic rings. The molecular formula is C28H33N3O3S. The molecule has 2 heterocycles. The maximum absolute atomic E-state index is 13.3. The molecule has 1 saturated heterocycles. The number of nitrogens with zero attached hydrogens (tertiary/aromatic N) is 3. The molecule has 0 spiro atoms. The third-order valence-corrected chi connectivity index (χ3v) is 8.49. The first-order valence-corrected chi connectivity index (χ1v) is 13.7. The third-order valence-electron chi connectivity index (χ3n) is 6.58. The molecule has 1 aliphatic rings. The Morgan fingerprint density at radius 3 is 2.34 bits per heavy atom. The third kappa shape index (κ3) is 6.55. The topological polar surface area (TPSA) is 70.6 Å². The zero-order valence-electron chi connectivity index (χ0n) is 20.3. The van der Waals surface area contributed by atoms with Crippen molar-refractivity contribution in [3.63, 3.8) is 0 Å². The highest BCUT2D eigenvalue weighted by Gasteiger charge is 2.25. The van der Waals surface area contributed by atoms with Crippen molar-refractivity contribution in [1.82, 2.24) is 14.2 Å². The van der Waals surface area contributed by atoms with Crippen molar-refractivity contribution in [3.05, 3.63) is 95.3 Å². The van der Waals surface area contributed by atoms with Crippen LogP contribution in [0.15, 0.2) is 78.0 Å². The number of carbonyl (C=O) groups excluding carboxylic acids is 1. The summed E-state index contributed by atoms with van der Waals surface area (Å²) in [4.78, 5) is 19.7. The Morgan fingerprint density at radius 2 is 1.66 bits per heavy atom. The first kappa shape index (κ1) is 25.1. The van der Waals surface area contributed by atoms with Gasteiger partial charge in [0.2, 0.25) is 15.9 Å². The van der Waals surface area contributed by atoms with Crippen LogP contribution >= 0.6 is 0 Å². The Hall–Kier alpha value is -3.03. The van der Waals surface area contributed by atoms with Crippen molar-refractivity contribution in [2.75, 3.05) is 13.1 Å². The first-order chi connectivity index (χ1) is 16.9. The van der Waals surface area contributed by atoms with Gasteiger partial charge in [-0.3, -0.25) is 9.78 Å². The molecule has 0 N–H and O–H groups in total. The van der Waals surface area contributed by atoms with Crippen molar-refractivity contribution in [3.8, 4) is 0 Å². The largest absolute Gasteiger partial charge is 0.334 e. The van der Waals surface area contributed by atoms with E-state index in [0.29, 0.717) is 43.9 Å². The Kier molecular flexibility index (Phi) is 8.31. The van der Waals surface area contributed by atoms with Gasteiger partial charge in [0.25, 0.3) is 0 Å². The monoisotopic (exact) mass is 491 g/mol. The predicted octanol–water partition coefficient (Wildman–Crippen LogP) is 4.73. The van der Waals surface area contributed by atoms with E-state index in [-0.39, 0.29) is 5.91 Å². The number of aryl methyl sites for hydroxylation is 2. The van der Waals surface area contributed by atoms with E-state index in [1.165, 1.54) is 0 Å². The van der Waals surface area contributed by atoms with Crippen LogP contribution in [0.1, 0.15) is 47.9 Å². The molecule has 184 valence electrons. The van der Waals surface area contributed by atoms with Crippen LogP contribution in [0.25, 0.3) is 0 Å². The molecule has 0 saturated carbocycles. The van der Waals surface area contributed by atoms with Crippen LogP contribution in [0.5, 0.6) is 0 Å². The molecule has 0 bridgehead atoms. The highest BCUT2D eigenvalue weighted by molar-refractivity contribution is 7.89. The average Bonchev–Trinajstić information content (AvgIpc) is 2.89. The van der Waals surface area contributed by atoms with Gasteiger partial charge in [-0.15, -0.1) is 0 Å². The highest BCUT2D eigenvalue weighted by Crippen LogP contribution is 2.22. The van der Waals surface area contributed by atoms with Crippen LogP contribution in [0, 0.1) is 6.92 Å². The summed E-state index contributed by atoms with van der Waals surface area (Å²) in [5.41, 5.74) is 4.22. The van der Waals surface area contributed by atoms with Gasteiger partial charge in [-0.05, 0) is 66.6 Å². The fourth-order valence-corrected chi connectivity index (χ4v) is 5.95. The van der Waals surface area contributed by atoms with E-state index in [0.717, 1.165) is 41.5 Å². The molecule has 0 radical (unpaired) electrons. The van der Waals surface area contributed by atoms with Gasteiger partial charge in [0, 0.05) is 45.0 Å². The van der Waals surface area contributed by atoms with Gasteiger partial charge in [0.1, 0.15) is 0 Å². The van der Waals surface area contributed by atoms with Crippen LogP contribution in [0.3, 0.4) is 0 Å². The van der Waals surface area contributed by atoms with Crippen molar-refractivity contribution < 1.29 is 13.2 Å². The van der Waals surface area contributed by atoms with Crippen LogP contribution < -0.4 is 0 Å². The van der Waals surface area contributed by atoms with Crippen LogP contribution in [-0.2, 0) is 34.3 Å². The lowest BCUT2D eigenvalue weighted by Crippen LogP contribution is -2.35. The van der Waals surface area contributed by atoms with Crippen molar-refractivity contribution in [2.45, 2.75) is 57.0 Å². The molecular weight excluding hydrogens is 458 g/mol. The fourth-order valence-electron chi connectivity index (χ4n) is 4.43. The first-order valence-electron chi connectivity index (χ1n) is 12.2. The van der Waals surface area contributed by atoms with Gasteiger partial charge in [-0.2, -0.15) is 4.31 Å². The average molecular weight is 492 g/mol. The summed E-state index contributed by atoms with van der Waals surface area (Å²) < 4.78 is 27.4. The minimum atomic E-state index is -3.44. The molecule has 0 atom stereocenters. The number of sulfonamides is 1. The molecule has 35 heavy (non-hydrogen) atoms. The van der Waals surface area contributed by atoms with Crippen LogP contribution in [0.2, 0.25) is 0 Å². The molecule has 0 aliphatic carbocycles. The van der Waals surface area contributed by atoms with E-state index in [1.807, 2.05) is 41.3 Å². The minimum absolute atomic E-state index is 0.0575. The van der Waals surface area contributed by atoms with E-state index in [9.17, 15) is 13.2 Å². The summed E-state index contributed by atoms with van der Waals surface area (Å²) in [6, 6.07) is 19.0. The van der Waals surface area contributed by atoms with Gasteiger partial charge in [0.15, 0.2) is 0 Å². The second kappa shape index (κ2) is 11.6. The second-order valence-electron chi connectivity index (χ2n) is 9.15. The highest BCUT2D eigenvalue weighted by atomic mass is 32.2. The fraction of sp³-hybridized carbons (Fsp3) is 0.357. The second-order valence-corrected chi connectivity index (χ2v) is 11.1. The summed E-state index contributed by atoms with van der Waals surface area (Å²) in [5.74, 6) is 0.0575. The van der Waals surface area contributed by atoms with Gasteiger partial charge < -0.3 is 4.90 Å². The number of aromatic nitrogens is 1. The van der Waals surface area contributed by atoms with E-state index in [4.69, 9.17) is 0 Å². The Labute approximate surface area is 208 Å². The summed E-state index contributed by atoms with van der Waals surface area (Å²) in [6.07, 6.45) is 7.34. The molecule has 6 nitrogen and oxygen atoms in total. The lowest BCUT2D eigenvalue weighted by atomic mass is 10.1. The van der Waals surface area contributed by atoms with Crippen molar-refractivity contribution in [1.29, 1.82) is 0 Å². The molecule has 7 heteroatoms. The number of pyridine rings is 1. The quantitative estimate of drug-likeness (QED) is 0.434. The minimum Gasteiger partial charge on any atom is -0.334 e. The summed E-state index contributed by atoms with van der Waals surface area (Å²) in [7, 11) is -3.44. The molecule has 1 amide bonds. The summed E-state index contributed by atoms with van der Waals surface area (Å²) >= 11 is 0. The number of hydrogen-bond acceptors (Lipinski definition) is 4. The number of carbonyl (C=O) groups is 1. The van der Waals surface area contributed by atoms with Crippen molar-refractivity contribution in [2.24, 2.45) is 0 Å². The normalized spacial score (nSPS) is 14.5. The number of rotatable bonds is 9. The van der Waals surface area contributed by atoms with Crippen LogP contribution in [0.4, 0.5) is 0 Å².